The number of nitrogens with one attached hydrogen (secondary N) is 1. The molecule has 0 spiro atoms. The highest BCUT2D eigenvalue weighted by atomic mass is 35.5. The molecule has 59 heavy (non-hydrogen) atoms. The summed E-state index contributed by atoms with van der Waals surface area (Å²) >= 11 is 6.32. The predicted octanol–water partition coefficient (Wildman–Crippen LogP) is 11.6. The zero-order valence-corrected chi connectivity index (χ0v) is 38.3. The maximum absolute atomic E-state index is 14.6. The van der Waals surface area contributed by atoms with Gasteiger partial charge in [-0.25, -0.2) is 0 Å². The lowest BCUT2D eigenvalue weighted by atomic mass is 9.33. The number of Topliss-reactive ketones (excluding diaryl/α,β-unsaturated/α-hetero) is 1. The fraction of sp³-hybridized carbons (Fsp3) is 0.765. The number of hydrogen-bond donors (Lipinski definition) is 2. The van der Waals surface area contributed by atoms with Gasteiger partial charge in [-0.05, 0) is 139 Å². The van der Waals surface area contributed by atoms with Gasteiger partial charge in [0.15, 0.2) is 5.78 Å². The van der Waals surface area contributed by atoms with E-state index in [4.69, 9.17) is 16.3 Å². The topological polar surface area (TPSA) is 110 Å². The summed E-state index contributed by atoms with van der Waals surface area (Å²) in [7, 11) is 0. The number of allylic oxidation sites excluding steroid dienone is 2. The van der Waals surface area contributed by atoms with Gasteiger partial charge in [0.05, 0.1) is 17.4 Å². The first-order chi connectivity index (χ1) is 27.6. The third-order valence-electron chi connectivity index (χ3n) is 19.6. The molecule has 10 atom stereocenters. The van der Waals surface area contributed by atoms with Crippen LogP contribution in [0.4, 0.5) is 0 Å². The predicted molar refractivity (Wildman–Crippen MR) is 231 cm³/mol. The summed E-state index contributed by atoms with van der Waals surface area (Å²) in [4.78, 5) is 54.5. The number of amides is 1. The molecular weight excluding hydrogens is 758 g/mol. The van der Waals surface area contributed by atoms with Crippen molar-refractivity contribution in [1.82, 2.24) is 5.32 Å². The Hall–Kier alpha value is -2.67. The summed E-state index contributed by atoms with van der Waals surface area (Å²) in [6, 6.07) is 8.05. The van der Waals surface area contributed by atoms with Gasteiger partial charge in [0.1, 0.15) is 6.10 Å². The average molecular weight is 831 g/mol. The number of carboxylic acids is 1. The molecule has 0 heterocycles. The van der Waals surface area contributed by atoms with E-state index in [2.05, 4.69) is 65.9 Å². The lowest BCUT2D eigenvalue weighted by Gasteiger charge is -2.72. The number of esters is 1. The normalized spacial score (nSPS) is 40.5. The molecule has 0 bridgehead atoms. The highest BCUT2D eigenvalue weighted by Crippen LogP contribution is 2.77. The van der Waals surface area contributed by atoms with E-state index in [-0.39, 0.29) is 63.2 Å². The number of fused-ring (bicyclic) bond motifs is 7. The van der Waals surface area contributed by atoms with Crippen molar-refractivity contribution in [3.63, 3.8) is 0 Å². The van der Waals surface area contributed by atoms with Gasteiger partial charge in [0, 0.05) is 28.7 Å². The molecule has 0 aromatic heterocycles. The molecule has 0 radical (unpaired) electrons. The van der Waals surface area contributed by atoms with Crippen LogP contribution >= 0.6 is 11.6 Å². The molecule has 6 fully saturated rings. The monoisotopic (exact) mass is 830 g/mol. The summed E-state index contributed by atoms with van der Waals surface area (Å²) in [6.07, 6.45) is 14.1. The second-order valence-electron chi connectivity index (χ2n) is 23.1. The zero-order chi connectivity index (χ0) is 42.7. The van der Waals surface area contributed by atoms with E-state index in [9.17, 15) is 24.3 Å². The molecule has 1 amide bonds. The maximum atomic E-state index is 14.6. The van der Waals surface area contributed by atoms with Crippen molar-refractivity contribution in [3.8, 4) is 0 Å². The highest BCUT2D eigenvalue weighted by Gasteiger charge is 2.70. The molecular formula is C51H72ClNO6. The van der Waals surface area contributed by atoms with Crippen molar-refractivity contribution in [2.45, 2.75) is 177 Å². The summed E-state index contributed by atoms with van der Waals surface area (Å²) in [5.74, 6) is -0.345. The minimum Gasteiger partial charge on any atom is -0.481 e. The van der Waals surface area contributed by atoms with Crippen LogP contribution in [0.15, 0.2) is 35.4 Å². The maximum Gasteiger partial charge on any atom is 0.309 e. The fourth-order valence-electron chi connectivity index (χ4n) is 16.1. The summed E-state index contributed by atoms with van der Waals surface area (Å²) in [5, 5.41) is 14.0. The largest absolute Gasteiger partial charge is 0.481 e. The van der Waals surface area contributed by atoms with Gasteiger partial charge in [-0.15, -0.1) is 0 Å². The number of halogens is 1. The van der Waals surface area contributed by atoms with Crippen LogP contribution in [0.3, 0.4) is 0 Å². The Morgan fingerprint density at radius 1 is 0.797 bits per heavy atom. The van der Waals surface area contributed by atoms with E-state index < -0.39 is 28.3 Å². The number of benzene rings is 1. The molecule has 7 nitrogen and oxygen atoms in total. The average Bonchev–Trinajstić information content (AvgIpc) is 3.44. The minimum atomic E-state index is -0.829. The Labute approximate surface area is 359 Å². The number of aliphatic carboxylic acids is 1. The van der Waals surface area contributed by atoms with Gasteiger partial charge >= 0.3 is 11.9 Å². The lowest BCUT2D eigenvalue weighted by Crippen LogP contribution is -2.66. The van der Waals surface area contributed by atoms with E-state index in [1.54, 1.807) is 0 Å². The molecule has 0 unspecified atom stereocenters. The second-order valence-corrected chi connectivity index (χ2v) is 23.6. The highest BCUT2D eigenvalue weighted by molar-refractivity contribution is 6.30. The molecule has 0 saturated heterocycles. The molecule has 6 saturated carbocycles. The molecule has 1 aromatic carbocycles. The van der Waals surface area contributed by atoms with Crippen LogP contribution in [0.1, 0.15) is 171 Å². The van der Waals surface area contributed by atoms with Crippen molar-refractivity contribution in [2.24, 2.45) is 68.0 Å². The Kier molecular flexibility index (Phi) is 10.5. The Balaban J connectivity index is 1.05. The van der Waals surface area contributed by atoms with E-state index in [1.807, 2.05) is 26.0 Å². The first kappa shape index (κ1) is 43.0. The van der Waals surface area contributed by atoms with Gasteiger partial charge in [0.25, 0.3) is 0 Å². The van der Waals surface area contributed by atoms with Crippen molar-refractivity contribution in [3.05, 3.63) is 46.0 Å². The van der Waals surface area contributed by atoms with Crippen LogP contribution in [0.25, 0.3) is 0 Å². The SMILES string of the molecule is CC(C)C1=C2[C@H]3CC[C@@H]4[C@@]5(C)CC[C@H](OC(=O)[C@H]6C[C@@H](C(=O)O)C6(C)C)C(C)(C)[C@@H]5CC[C@@]4(C)[C@]3(C)CC[C@@]2(CC(=O)NC2(c3ccc(Cl)cc3)CCCCC2)CC1=O. The van der Waals surface area contributed by atoms with E-state index in [0.29, 0.717) is 36.1 Å². The fourth-order valence-corrected chi connectivity index (χ4v) is 16.3. The number of ether oxygens (including phenoxy) is 1. The van der Waals surface area contributed by atoms with Crippen molar-refractivity contribution >= 4 is 35.2 Å². The molecule has 8 rings (SSSR count). The molecule has 7 aliphatic carbocycles. The third-order valence-corrected chi connectivity index (χ3v) is 19.9. The minimum absolute atomic E-state index is 0.0121. The van der Waals surface area contributed by atoms with Gasteiger partial charge in [0.2, 0.25) is 5.91 Å². The quantitative estimate of drug-likeness (QED) is 0.253. The van der Waals surface area contributed by atoms with Crippen LogP contribution in [0.5, 0.6) is 0 Å². The molecule has 8 heteroatoms. The van der Waals surface area contributed by atoms with Gasteiger partial charge < -0.3 is 15.2 Å². The number of ketones is 1. The van der Waals surface area contributed by atoms with Crippen LogP contribution in [-0.2, 0) is 29.5 Å². The molecule has 1 aromatic rings. The molecule has 7 aliphatic rings. The van der Waals surface area contributed by atoms with Gasteiger partial charge in [-0.1, -0.05) is 111 Å². The number of carbonyl (C=O) groups excluding carboxylic acids is 3. The van der Waals surface area contributed by atoms with Crippen molar-refractivity contribution < 1.29 is 29.0 Å². The van der Waals surface area contributed by atoms with Gasteiger partial charge in [-0.3, -0.25) is 19.2 Å². The number of rotatable bonds is 8. The Morgan fingerprint density at radius 2 is 1.47 bits per heavy atom. The van der Waals surface area contributed by atoms with Crippen LogP contribution in [-0.4, -0.2) is 34.8 Å². The van der Waals surface area contributed by atoms with Crippen LogP contribution in [0, 0.1) is 68.0 Å². The van der Waals surface area contributed by atoms with Crippen molar-refractivity contribution in [1.29, 1.82) is 0 Å². The second kappa shape index (κ2) is 14.4. The molecule has 324 valence electrons. The first-order valence-electron chi connectivity index (χ1n) is 23.3. The standard InChI is InChI=1S/C51H72ClNO6/c1-30(2)41-36(54)28-50(29-40(55)53-51(21-11-10-12-22-51)31-13-15-32(52)16-14-31)26-25-48(8)33(42(41)50)17-18-38-47(7)23-20-39(46(5,6)37(47)19-24-49(38,48)9)59-44(58)35-27-34(43(56)57)45(35,3)4/h13-16,30,33-35,37-39H,10-12,17-29H2,1-9H3,(H,53,55)(H,56,57)/t33-,34+,35-,37+,38-,39+,47+,48-,49-,50+/m1/s1. The molecule has 0 aliphatic heterocycles. The summed E-state index contributed by atoms with van der Waals surface area (Å²) in [5.41, 5.74) is 1.94. The van der Waals surface area contributed by atoms with Crippen LogP contribution < -0.4 is 5.32 Å². The number of hydrogen-bond acceptors (Lipinski definition) is 5. The lowest BCUT2D eigenvalue weighted by molar-refractivity contribution is -0.236. The smallest absolute Gasteiger partial charge is 0.309 e. The van der Waals surface area contributed by atoms with Gasteiger partial charge in [-0.2, -0.15) is 0 Å². The zero-order valence-electron chi connectivity index (χ0n) is 37.5. The van der Waals surface area contributed by atoms with Crippen molar-refractivity contribution in [2.75, 3.05) is 0 Å². The van der Waals surface area contributed by atoms with Crippen LogP contribution in [0.2, 0.25) is 5.02 Å². The van der Waals surface area contributed by atoms with E-state index in [0.717, 1.165) is 88.2 Å². The first-order valence-corrected chi connectivity index (χ1v) is 23.7. The third kappa shape index (κ3) is 6.36. The number of carboxylic acid groups (broad SMARTS) is 1. The van der Waals surface area contributed by atoms with E-state index in [1.165, 1.54) is 12.0 Å². The Bertz CT molecular complexity index is 1920. The molecule has 2 N–H and O–H groups in total. The van der Waals surface area contributed by atoms with E-state index >= 15 is 0 Å². The number of carbonyl (C=O) groups is 4. The Morgan fingerprint density at radius 3 is 2.10 bits per heavy atom. The summed E-state index contributed by atoms with van der Waals surface area (Å²) < 4.78 is 6.45. The summed E-state index contributed by atoms with van der Waals surface area (Å²) in [6.45, 7) is 20.5.